The van der Waals surface area contributed by atoms with Crippen molar-refractivity contribution in [3.05, 3.63) is 29.8 Å². The molecule has 2 saturated heterocycles. The summed E-state index contributed by atoms with van der Waals surface area (Å²) in [4.78, 5) is 37.4. The van der Waals surface area contributed by atoms with Gasteiger partial charge in [-0.15, -0.1) is 0 Å². The van der Waals surface area contributed by atoms with Crippen LogP contribution in [0.3, 0.4) is 0 Å². The van der Waals surface area contributed by atoms with E-state index in [1.54, 1.807) is 4.90 Å². The highest BCUT2D eigenvalue weighted by atomic mass is 16.6. The van der Waals surface area contributed by atoms with Crippen LogP contribution in [0.2, 0.25) is 0 Å². The monoisotopic (exact) mass is 415 g/mol. The third-order valence-corrected chi connectivity index (χ3v) is 5.68. The number of nitrogens with one attached hydrogen (secondary N) is 2. The van der Waals surface area contributed by atoms with Crippen molar-refractivity contribution in [3.8, 4) is 0 Å². The van der Waals surface area contributed by atoms with E-state index in [4.69, 9.17) is 4.74 Å². The molecule has 1 aromatic rings. The molecule has 1 atom stereocenters. The molecule has 0 saturated carbocycles. The Kier molecular flexibility index (Phi) is 7.00. The average Bonchev–Trinajstić information content (AvgIpc) is 2.67. The highest BCUT2D eigenvalue weighted by Crippen LogP contribution is 2.27. The van der Waals surface area contributed by atoms with Crippen molar-refractivity contribution in [1.82, 2.24) is 10.2 Å². The highest BCUT2D eigenvalue weighted by molar-refractivity contribution is 6.01. The lowest BCUT2D eigenvalue weighted by molar-refractivity contribution is -0.134. The van der Waals surface area contributed by atoms with Gasteiger partial charge in [0.1, 0.15) is 5.60 Å². The Bertz CT molecular complexity index is 779. The van der Waals surface area contributed by atoms with Crippen molar-refractivity contribution in [2.45, 2.75) is 64.4 Å². The smallest absolute Gasteiger partial charge is 0.410 e. The van der Waals surface area contributed by atoms with Gasteiger partial charge in [0.05, 0.1) is 5.92 Å². The molecule has 1 aromatic carbocycles. The summed E-state index contributed by atoms with van der Waals surface area (Å²) in [5.74, 6) is -0.0838. The van der Waals surface area contributed by atoms with Gasteiger partial charge in [0.2, 0.25) is 11.8 Å². The molecule has 3 rings (SSSR count). The summed E-state index contributed by atoms with van der Waals surface area (Å²) in [5.41, 5.74) is 1.47. The number of anilines is 1. The van der Waals surface area contributed by atoms with E-state index < -0.39 is 5.60 Å². The van der Waals surface area contributed by atoms with Crippen molar-refractivity contribution in [2.24, 2.45) is 5.92 Å². The van der Waals surface area contributed by atoms with E-state index in [1.807, 2.05) is 45.0 Å². The Hall–Kier alpha value is -2.57. The number of piperidine rings is 2. The number of rotatable bonds is 5. The number of carbonyl (C=O) groups excluding carboxylic acids is 3. The number of carbonyl (C=O) groups is 3. The van der Waals surface area contributed by atoms with E-state index in [9.17, 15) is 14.4 Å². The molecule has 2 fully saturated rings. The fraction of sp³-hybridized carbons (Fsp3) is 0.609. The molecular formula is C23H33N3O4. The van der Waals surface area contributed by atoms with E-state index in [1.165, 1.54) is 0 Å². The lowest BCUT2D eigenvalue weighted by Crippen LogP contribution is -2.41. The van der Waals surface area contributed by atoms with E-state index in [2.05, 4.69) is 10.6 Å². The molecule has 2 aliphatic heterocycles. The summed E-state index contributed by atoms with van der Waals surface area (Å²) >= 11 is 0. The molecule has 3 amide bonds. The Labute approximate surface area is 178 Å². The molecule has 7 heteroatoms. The zero-order chi connectivity index (χ0) is 21.7. The van der Waals surface area contributed by atoms with E-state index in [0.29, 0.717) is 18.8 Å². The van der Waals surface area contributed by atoms with E-state index in [-0.39, 0.29) is 23.8 Å². The normalized spacial score (nSPS) is 20.6. The summed E-state index contributed by atoms with van der Waals surface area (Å²) in [6.45, 7) is 7.99. The number of likely N-dealkylation sites (tertiary alicyclic amines) is 1. The van der Waals surface area contributed by atoms with Gasteiger partial charge in [-0.05, 0) is 70.1 Å². The minimum absolute atomic E-state index is 0.191. The van der Waals surface area contributed by atoms with Crippen LogP contribution in [-0.4, -0.2) is 48.0 Å². The van der Waals surface area contributed by atoms with Crippen LogP contribution in [0.5, 0.6) is 0 Å². The molecule has 30 heavy (non-hydrogen) atoms. The maximum absolute atomic E-state index is 12.2. The molecule has 2 heterocycles. The summed E-state index contributed by atoms with van der Waals surface area (Å²) in [6, 6.07) is 7.89. The highest BCUT2D eigenvalue weighted by Gasteiger charge is 2.28. The molecule has 1 unspecified atom stereocenters. The zero-order valence-corrected chi connectivity index (χ0v) is 18.2. The standard InChI is InChI=1S/C23H33N3O4/c1-23(2,3)30-22(29)26-13-10-16(11-14-26)9-12-24-18-6-4-5-17(15-18)19-7-8-20(27)25-21(19)28/h4-6,15-16,19,24H,7-14H2,1-3H3,(H,25,27,28). The maximum atomic E-state index is 12.2. The van der Waals surface area contributed by atoms with Crippen LogP contribution in [0.1, 0.15) is 64.4 Å². The fourth-order valence-electron chi connectivity index (χ4n) is 4.03. The van der Waals surface area contributed by atoms with Crippen LogP contribution in [0.4, 0.5) is 10.5 Å². The molecule has 2 aliphatic rings. The van der Waals surface area contributed by atoms with Crippen molar-refractivity contribution < 1.29 is 19.1 Å². The van der Waals surface area contributed by atoms with Crippen molar-refractivity contribution in [2.75, 3.05) is 25.0 Å². The number of imide groups is 1. The Morgan fingerprint density at radius 2 is 1.93 bits per heavy atom. The van der Waals surface area contributed by atoms with Crippen LogP contribution in [-0.2, 0) is 14.3 Å². The molecule has 2 N–H and O–H groups in total. The second-order valence-electron chi connectivity index (χ2n) is 9.26. The molecular weight excluding hydrogens is 382 g/mol. The van der Waals surface area contributed by atoms with Crippen molar-refractivity contribution in [1.29, 1.82) is 0 Å². The first kappa shape index (κ1) is 22.1. The minimum Gasteiger partial charge on any atom is -0.444 e. The summed E-state index contributed by atoms with van der Waals surface area (Å²) in [7, 11) is 0. The predicted octanol–water partition coefficient (Wildman–Crippen LogP) is 3.66. The van der Waals surface area contributed by atoms with Gasteiger partial charge in [0.25, 0.3) is 0 Å². The quantitative estimate of drug-likeness (QED) is 0.717. The first-order chi connectivity index (χ1) is 14.2. The molecule has 0 aromatic heterocycles. The average molecular weight is 416 g/mol. The number of nitrogens with zero attached hydrogens (tertiary/aromatic N) is 1. The van der Waals surface area contributed by atoms with Gasteiger partial charge in [-0.3, -0.25) is 14.9 Å². The van der Waals surface area contributed by atoms with E-state index in [0.717, 1.165) is 50.1 Å². The Balaban J connectivity index is 1.43. The second kappa shape index (κ2) is 9.49. The third kappa shape index (κ3) is 6.21. The number of benzene rings is 1. The number of ether oxygens (including phenoxy) is 1. The fourth-order valence-corrected chi connectivity index (χ4v) is 4.03. The summed E-state index contributed by atoms with van der Waals surface area (Å²) < 4.78 is 5.45. The lowest BCUT2D eigenvalue weighted by atomic mass is 9.90. The molecule has 0 radical (unpaired) electrons. The second-order valence-corrected chi connectivity index (χ2v) is 9.26. The number of hydrogen-bond donors (Lipinski definition) is 2. The van der Waals surface area contributed by atoms with Gasteiger partial charge in [0.15, 0.2) is 0 Å². The third-order valence-electron chi connectivity index (χ3n) is 5.68. The summed E-state index contributed by atoms with van der Waals surface area (Å²) in [5, 5.41) is 5.88. The minimum atomic E-state index is -0.458. The lowest BCUT2D eigenvalue weighted by Gasteiger charge is -2.33. The summed E-state index contributed by atoms with van der Waals surface area (Å²) in [6.07, 6.45) is 3.73. The van der Waals surface area contributed by atoms with Gasteiger partial charge in [-0.2, -0.15) is 0 Å². The van der Waals surface area contributed by atoms with Crippen LogP contribution in [0, 0.1) is 5.92 Å². The van der Waals surface area contributed by atoms with Crippen molar-refractivity contribution >= 4 is 23.6 Å². The van der Waals surface area contributed by atoms with Crippen molar-refractivity contribution in [3.63, 3.8) is 0 Å². The topological polar surface area (TPSA) is 87.7 Å². The van der Waals surface area contributed by atoms with E-state index >= 15 is 0 Å². The zero-order valence-electron chi connectivity index (χ0n) is 18.2. The number of amides is 3. The van der Waals surface area contributed by atoms with Gasteiger partial charge in [-0.25, -0.2) is 4.79 Å². The largest absolute Gasteiger partial charge is 0.444 e. The molecule has 0 bridgehead atoms. The SMILES string of the molecule is CC(C)(C)OC(=O)N1CCC(CCNc2cccc(C3CCC(=O)NC3=O)c2)CC1. The van der Waals surface area contributed by atoms with Crippen LogP contribution in [0.15, 0.2) is 24.3 Å². The predicted molar refractivity (Wildman–Crippen MR) is 115 cm³/mol. The molecule has 164 valence electrons. The first-order valence-electron chi connectivity index (χ1n) is 10.9. The Morgan fingerprint density at radius 3 is 2.60 bits per heavy atom. The maximum Gasteiger partial charge on any atom is 0.410 e. The van der Waals surface area contributed by atoms with Gasteiger partial charge in [0, 0.05) is 31.7 Å². The molecule has 7 nitrogen and oxygen atoms in total. The number of hydrogen-bond acceptors (Lipinski definition) is 5. The van der Waals surface area contributed by atoms with Crippen LogP contribution >= 0.6 is 0 Å². The van der Waals surface area contributed by atoms with Gasteiger partial charge < -0.3 is 15.0 Å². The van der Waals surface area contributed by atoms with Gasteiger partial charge >= 0.3 is 6.09 Å². The van der Waals surface area contributed by atoms with Crippen LogP contribution < -0.4 is 10.6 Å². The Morgan fingerprint density at radius 1 is 1.20 bits per heavy atom. The van der Waals surface area contributed by atoms with Gasteiger partial charge in [-0.1, -0.05) is 12.1 Å². The molecule has 0 aliphatic carbocycles. The first-order valence-corrected chi connectivity index (χ1v) is 10.9. The van der Waals surface area contributed by atoms with Crippen LogP contribution in [0.25, 0.3) is 0 Å². The molecule has 0 spiro atoms.